The van der Waals surface area contributed by atoms with Gasteiger partial charge in [-0.15, -0.1) is 0 Å². The van der Waals surface area contributed by atoms with E-state index >= 15 is 0 Å². The maximum Gasteiger partial charge on any atom is 0.407 e. The molecule has 0 aromatic heterocycles. The van der Waals surface area contributed by atoms with Gasteiger partial charge in [-0.25, -0.2) is 4.79 Å². The molecule has 0 aliphatic heterocycles. The molecule has 0 fully saturated rings. The monoisotopic (exact) mass is 298 g/mol. The lowest BCUT2D eigenvalue weighted by Gasteiger charge is -2.23. The molecule has 5 heteroatoms. The highest BCUT2D eigenvalue weighted by Gasteiger charge is 2.19. The number of amides is 1. The number of nitrogens with one attached hydrogen (secondary N) is 1. The Morgan fingerprint density at radius 1 is 1.45 bits per heavy atom. The summed E-state index contributed by atoms with van der Waals surface area (Å²) in [7, 11) is 0. The first kappa shape index (κ1) is 16.8. The van der Waals surface area contributed by atoms with E-state index in [1.54, 1.807) is 0 Å². The van der Waals surface area contributed by atoms with E-state index in [2.05, 4.69) is 5.32 Å². The van der Waals surface area contributed by atoms with Gasteiger partial charge in [-0.1, -0.05) is 23.7 Å². The van der Waals surface area contributed by atoms with Crippen LogP contribution in [-0.2, 0) is 11.2 Å². The zero-order valence-corrected chi connectivity index (χ0v) is 13.3. The van der Waals surface area contributed by atoms with E-state index in [0.717, 1.165) is 16.1 Å². The van der Waals surface area contributed by atoms with Crippen molar-refractivity contribution in [3.05, 3.63) is 34.3 Å². The molecule has 0 saturated heterocycles. The van der Waals surface area contributed by atoms with Gasteiger partial charge in [0, 0.05) is 17.6 Å². The Morgan fingerprint density at radius 2 is 2.10 bits per heavy atom. The molecule has 0 spiro atoms. The highest BCUT2D eigenvalue weighted by Crippen LogP contribution is 2.17. The van der Waals surface area contributed by atoms with Gasteiger partial charge in [0.1, 0.15) is 5.60 Å². The highest BCUT2D eigenvalue weighted by atomic mass is 35.5. The molecule has 1 atom stereocenters. The number of carbonyl (C=O) groups is 1. The number of aryl methyl sites for hydroxylation is 1. The van der Waals surface area contributed by atoms with Gasteiger partial charge in [0.25, 0.3) is 0 Å². The fourth-order valence-corrected chi connectivity index (χ4v) is 1.92. The summed E-state index contributed by atoms with van der Waals surface area (Å²) in [5.74, 6) is 0. The molecule has 4 nitrogen and oxygen atoms in total. The molecule has 0 aliphatic carbocycles. The van der Waals surface area contributed by atoms with Crippen molar-refractivity contribution in [1.82, 2.24) is 5.32 Å². The number of ether oxygens (including phenoxy) is 1. The fourth-order valence-electron chi connectivity index (χ4n) is 1.72. The second-order valence-corrected chi connectivity index (χ2v) is 6.27. The van der Waals surface area contributed by atoms with Crippen molar-refractivity contribution in [3.8, 4) is 0 Å². The van der Waals surface area contributed by atoms with Crippen LogP contribution in [0.25, 0.3) is 0 Å². The Hall–Kier alpha value is -1.26. The first-order chi connectivity index (χ1) is 9.21. The van der Waals surface area contributed by atoms with E-state index in [0.29, 0.717) is 13.0 Å². The zero-order chi connectivity index (χ0) is 15.3. The van der Waals surface area contributed by atoms with Crippen LogP contribution in [0.5, 0.6) is 0 Å². The number of nitrogens with two attached hydrogens (primary N) is 1. The molecule has 0 aliphatic rings. The van der Waals surface area contributed by atoms with Gasteiger partial charge in [0.15, 0.2) is 0 Å². The number of hydrogen-bond acceptors (Lipinski definition) is 3. The molecule has 20 heavy (non-hydrogen) atoms. The molecule has 0 saturated carbocycles. The number of halogens is 1. The van der Waals surface area contributed by atoms with Gasteiger partial charge < -0.3 is 15.8 Å². The van der Waals surface area contributed by atoms with E-state index in [1.807, 2.05) is 45.9 Å². The summed E-state index contributed by atoms with van der Waals surface area (Å²) < 4.78 is 5.22. The van der Waals surface area contributed by atoms with Crippen molar-refractivity contribution in [3.63, 3.8) is 0 Å². The van der Waals surface area contributed by atoms with Crippen LogP contribution in [0.2, 0.25) is 5.02 Å². The Kier molecular flexibility index (Phi) is 5.84. The average molecular weight is 299 g/mol. The van der Waals surface area contributed by atoms with Crippen LogP contribution in [0.15, 0.2) is 18.2 Å². The second kappa shape index (κ2) is 6.95. The quantitative estimate of drug-likeness (QED) is 0.898. The van der Waals surface area contributed by atoms with Crippen molar-refractivity contribution in [2.45, 2.75) is 45.8 Å². The Bertz CT molecular complexity index is 469. The van der Waals surface area contributed by atoms with E-state index < -0.39 is 11.7 Å². The van der Waals surface area contributed by atoms with Crippen LogP contribution in [0.3, 0.4) is 0 Å². The normalized spacial score (nSPS) is 12.9. The van der Waals surface area contributed by atoms with Crippen LogP contribution >= 0.6 is 11.6 Å². The average Bonchev–Trinajstić information content (AvgIpc) is 2.30. The number of carbonyl (C=O) groups excluding carboxylic acids is 1. The highest BCUT2D eigenvalue weighted by molar-refractivity contribution is 6.31. The summed E-state index contributed by atoms with van der Waals surface area (Å²) in [6, 6.07) is 5.67. The molecule has 1 unspecified atom stereocenters. The number of hydrogen-bond donors (Lipinski definition) is 2. The molecule has 1 amide bonds. The van der Waals surface area contributed by atoms with Crippen LogP contribution in [0.4, 0.5) is 4.79 Å². The third-order valence-electron chi connectivity index (χ3n) is 2.72. The smallest absolute Gasteiger partial charge is 0.407 e. The van der Waals surface area contributed by atoms with Gasteiger partial charge >= 0.3 is 6.09 Å². The van der Waals surface area contributed by atoms with Gasteiger partial charge in [-0.05, 0) is 51.3 Å². The Labute approximate surface area is 125 Å². The van der Waals surface area contributed by atoms with Crippen LogP contribution in [0, 0.1) is 6.92 Å². The molecule has 112 valence electrons. The lowest BCUT2D eigenvalue weighted by Crippen LogP contribution is -2.44. The van der Waals surface area contributed by atoms with Crippen LogP contribution < -0.4 is 11.1 Å². The lowest BCUT2D eigenvalue weighted by atomic mass is 10.0. The zero-order valence-electron chi connectivity index (χ0n) is 12.5. The number of benzene rings is 1. The molecule has 0 bridgehead atoms. The van der Waals surface area contributed by atoms with Crippen molar-refractivity contribution in [2.75, 3.05) is 6.54 Å². The number of rotatable bonds is 4. The molecule has 1 aromatic carbocycles. The summed E-state index contributed by atoms with van der Waals surface area (Å²) in [6.45, 7) is 7.76. The second-order valence-electron chi connectivity index (χ2n) is 5.87. The van der Waals surface area contributed by atoms with Crippen molar-refractivity contribution < 1.29 is 9.53 Å². The molecule has 0 heterocycles. The summed E-state index contributed by atoms with van der Waals surface area (Å²) in [6.07, 6.45) is 0.168. The summed E-state index contributed by atoms with van der Waals surface area (Å²) in [5, 5.41) is 3.49. The third-order valence-corrected chi connectivity index (χ3v) is 3.13. The molecule has 3 N–H and O–H groups in total. The topological polar surface area (TPSA) is 64.3 Å². The molecular weight excluding hydrogens is 276 g/mol. The lowest BCUT2D eigenvalue weighted by molar-refractivity contribution is 0.0506. The Morgan fingerprint density at radius 3 is 2.60 bits per heavy atom. The SMILES string of the molecule is Cc1ccc(CC(CN)NC(=O)OC(C)(C)C)cc1Cl. The summed E-state index contributed by atoms with van der Waals surface area (Å²) in [4.78, 5) is 11.7. The first-order valence-electron chi connectivity index (χ1n) is 6.66. The van der Waals surface area contributed by atoms with Gasteiger partial charge in [-0.2, -0.15) is 0 Å². The van der Waals surface area contributed by atoms with Gasteiger partial charge in [-0.3, -0.25) is 0 Å². The minimum absolute atomic E-state index is 0.177. The minimum Gasteiger partial charge on any atom is -0.444 e. The maximum atomic E-state index is 11.7. The molecule has 1 rings (SSSR count). The predicted octanol–water partition coefficient (Wildman–Crippen LogP) is 3.04. The largest absolute Gasteiger partial charge is 0.444 e. The molecule has 1 aromatic rings. The van der Waals surface area contributed by atoms with Crippen molar-refractivity contribution in [2.24, 2.45) is 5.73 Å². The fraction of sp³-hybridized carbons (Fsp3) is 0.533. The molecule has 0 radical (unpaired) electrons. The van der Waals surface area contributed by atoms with E-state index in [1.165, 1.54) is 0 Å². The molecular formula is C15H23ClN2O2. The number of alkyl carbamates (subject to hydrolysis) is 1. The minimum atomic E-state index is -0.517. The summed E-state index contributed by atoms with van der Waals surface area (Å²) in [5.41, 5.74) is 7.24. The standard InChI is InChI=1S/C15H23ClN2O2/c1-10-5-6-11(8-13(10)16)7-12(9-17)18-14(19)20-15(2,3)4/h5-6,8,12H,7,9,17H2,1-4H3,(H,18,19). The predicted molar refractivity (Wildman–Crippen MR) is 82.1 cm³/mol. The summed E-state index contributed by atoms with van der Waals surface area (Å²) >= 11 is 6.09. The first-order valence-corrected chi connectivity index (χ1v) is 7.03. The van der Waals surface area contributed by atoms with E-state index in [-0.39, 0.29) is 6.04 Å². The van der Waals surface area contributed by atoms with Gasteiger partial charge in [0.05, 0.1) is 0 Å². The van der Waals surface area contributed by atoms with Crippen LogP contribution in [-0.4, -0.2) is 24.3 Å². The van der Waals surface area contributed by atoms with Gasteiger partial charge in [0.2, 0.25) is 0 Å². The van der Waals surface area contributed by atoms with Crippen molar-refractivity contribution >= 4 is 17.7 Å². The Balaban J connectivity index is 2.63. The third kappa shape index (κ3) is 5.80. The van der Waals surface area contributed by atoms with Crippen LogP contribution in [0.1, 0.15) is 31.9 Å². The maximum absolute atomic E-state index is 11.7. The van der Waals surface area contributed by atoms with E-state index in [9.17, 15) is 4.79 Å². The van der Waals surface area contributed by atoms with E-state index in [4.69, 9.17) is 22.1 Å². The van der Waals surface area contributed by atoms with Crippen molar-refractivity contribution in [1.29, 1.82) is 0 Å².